The van der Waals surface area contributed by atoms with Gasteiger partial charge in [0, 0.05) is 63.8 Å². The normalized spacial score (nSPS) is 17.2. The first-order chi connectivity index (χ1) is 15.3. The van der Waals surface area contributed by atoms with Crippen molar-refractivity contribution in [3.8, 4) is 5.75 Å². The first-order valence-electron chi connectivity index (χ1n) is 11.4. The smallest absolute Gasteiger partial charge is 0.194 e. The largest absolute Gasteiger partial charge is 0.497 e. The molecule has 1 N–H and O–H groups in total. The summed E-state index contributed by atoms with van der Waals surface area (Å²) >= 11 is 0. The number of nitrogens with zero attached hydrogens (tertiary/aromatic N) is 5. The molecule has 31 heavy (non-hydrogen) atoms. The van der Waals surface area contributed by atoms with E-state index in [1.165, 1.54) is 24.1 Å². The fourth-order valence-corrected chi connectivity index (χ4v) is 4.25. The second kappa shape index (κ2) is 10.4. The first-order valence-corrected chi connectivity index (χ1v) is 11.4. The zero-order chi connectivity index (χ0) is 21.5. The number of benzene rings is 1. The zero-order valence-electron chi connectivity index (χ0n) is 18.8. The van der Waals surface area contributed by atoms with Gasteiger partial charge in [-0.3, -0.25) is 0 Å². The SMILES string of the molecule is CCNC(=NCc1ccnc(N2CCCC2)c1)N1CCN(c2cccc(OC)c2)CC1. The minimum Gasteiger partial charge on any atom is -0.497 e. The van der Waals surface area contributed by atoms with Crippen LogP contribution < -0.4 is 19.9 Å². The molecular formula is C24H34N6O. The third kappa shape index (κ3) is 5.40. The highest BCUT2D eigenvalue weighted by Crippen LogP contribution is 2.22. The molecule has 7 nitrogen and oxygen atoms in total. The molecule has 4 rings (SSSR count). The lowest BCUT2D eigenvalue weighted by Gasteiger charge is -2.37. The van der Waals surface area contributed by atoms with Crippen LogP contribution in [0.2, 0.25) is 0 Å². The van der Waals surface area contributed by atoms with Crippen molar-refractivity contribution in [2.75, 3.05) is 62.7 Å². The number of anilines is 2. The predicted octanol–water partition coefficient (Wildman–Crippen LogP) is 2.98. The van der Waals surface area contributed by atoms with E-state index in [0.717, 1.165) is 63.3 Å². The van der Waals surface area contributed by atoms with Crippen LogP contribution in [0.15, 0.2) is 47.6 Å². The van der Waals surface area contributed by atoms with Crippen molar-refractivity contribution >= 4 is 17.5 Å². The van der Waals surface area contributed by atoms with E-state index < -0.39 is 0 Å². The van der Waals surface area contributed by atoms with Crippen LogP contribution in [-0.4, -0.2) is 68.8 Å². The van der Waals surface area contributed by atoms with Gasteiger partial charge in [-0.2, -0.15) is 0 Å². The molecule has 0 amide bonds. The highest BCUT2D eigenvalue weighted by Gasteiger charge is 2.20. The van der Waals surface area contributed by atoms with Gasteiger partial charge in [-0.25, -0.2) is 9.98 Å². The average molecular weight is 423 g/mol. The van der Waals surface area contributed by atoms with Crippen LogP contribution in [0.1, 0.15) is 25.3 Å². The molecule has 166 valence electrons. The predicted molar refractivity (Wildman–Crippen MR) is 127 cm³/mol. The Morgan fingerprint density at radius 2 is 1.84 bits per heavy atom. The lowest BCUT2D eigenvalue weighted by Crippen LogP contribution is -2.52. The number of aliphatic imine (C=N–C) groups is 1. The molecule has 0 spiro atoms. The molecule has 0 bridgehead atoms. The molecule has 7 heteroatoms. The second-order valence-electron chi connectivity index (χ2n) is 8.06. The third-order valence-electron chi connectivity index (χ3n) is 5.98. The van der Waals surface area contributed by atoms with E-state index >= 15 is 0 Å². The maximum absolute atomic E-state index is 5.38. The lowest BCUT2D eigenvalue weighted by molar-refractivity contribution is 0.372. The lowest BCUT2D eigenvalue weighted by atomic mass is 10.2. The van der Waals surface area contributed by atoms with Crippen molar-refractivity contribution in [2.45, 2.75) is 26.3 Å². The van der Waals surface area contributed by atoms with Crippen molar-refractivity contribution in [1.82, 2.24) is 15.2 Å². The van der Waals surface area contributed by atoms with E-state index in [9.17, 15) is 0 Å². The molecule has 2 aliphatic heterocycles. The summed E-state index contributed by atoms with van der Waals surface area (Å²) in [5.41, 5.74) is 2.43. The number of ether oxygens (including phenoxy) is 1. The van der Waals surface area contributed by atoms with Crippen LogP contribution in [-0.2, 0) is 6.54 Å². The number of piperazine rings is 1. The Morgan fingerprint density at radius 1 is 1.03 bits per heavy atom. The Balaban J connectivity index is 1.38. The van der Waals surface area contributed by atoms with Gasteiger partial charge in [0.05, 0.1) is 13.7 Å². The number of hydrogen-bond acceptors (Lipinski definition) is 5. The fraction of sp³-hybridized carbons (Fsp3) is 0.500. The molecule has 2 aromatic rings. The van der Waals surface area contributed by atoms with Crippen LogP contribution in [0, 0.1) is 0 Å². The summed E-state index contributed by atoms with van der Waals surface area (Å²) in [5.74, 6) is 2.98. The van der Waals surface area contributed by atoms with Crippen LogP contribution in [0.4, 0.5) is 11.5 Å². The topological polar surface area (TPSA) is 56.2 Å². The van der Waals surface area contributed by atoms with Gasteiger partial charge in [0.2, 0.25) is 0 Å². The van der Waals surface area contributed by atoms with Crippen molar-refractivity contribution in [2.24, 2.45) is 4.99 Å². The molecule has 3 heterocycles. The summed E-state index contributed by atoms with van der Waals surface area (Å²) in [5, 5.41) is 3.48. The fourth-order valence-electron chi connectivity index (χ4n) is 4.25. The number of pyridine rings is 1. The summed E-state index contributed by atoms with van der Waals surface area (Å²) in [6.07, 6.45) is 4.44. The molecule has 2 aliphatic rings. The molecule has 0 radical (unpaired) electrons. The Hall–Kier alpha value is -2.96. The van der Waals surface area contributed by atoms with E-state index in [0.29, 0.717) is 6.54 Å². The Bertz CT molecular complexity index is 872. The van der Waals surface area contributed by atoms with E-state index in [1.807, 2.05) is 12.3 Å². The van der Waals surface area contributed by atoms with Gasteiger partial charge in [-0.15, -0.1) is 0 Å². The van der Waals surface area contributed by atoms with E-state index in [1.54, 1.807) is 7.11 Å². The van der Waals surface area contributed by atoms with Crippen LogP contribution in [0.5, 0.6) is 5.75 Å². The van der Waals surface area contributed by atoms with Gasteiger partial charge in [0.15, 0.2) is 5.96 Å². The summed E-state index contributed by atoms with van der Waals surface area (Å²) < 4.78 is 5.38. The zero-order valence-corrected chi connectivity index (χ0v) is 18.8. The molecule has 2 saturated heterocycles. The maximum Gasteiger partial charge on any atom is 0.194 e. The van der Waals surface area contributed by atoms with Crippen molar-refractivity contribution < 1.29 is 4.74 Å². The molecule has 0 saturated carbocycles. The highest BCUT2D eigenvalue weighted by molar-refractivity contribution is 5.80. The summed E-state index contributed by atoms with van der Waals surface area (Å²) in [7, 11) is 1.72. The number of guanidine groups is 1. The van der Waals surface area contributed by atoms with Gasteiger partial charge < -0.3 is 24.8 Å². The minimum atomic E-state index is 0.668. The van der Waals surface area contributed by atoms with Gasteiger partial charge >= 0.3 is 0 Å². The Labute approximate surface area is 185 Å². The van der Waals surface area contributed by atoms with Gasteiger partial charge in [-0.1, -0.05) is 6.07 Å². The summed E-state index contributed by atoms with van der Waals surface area (Å²) in [6.45, 7) is 9.70. The highest BCUT2D eigenvalue weighted by atomic mass is 16.5. The quantitative estimate of drug-likeness (QED) is 0.571. The van der Waals surface area contributed by atoms with E-state index in [2.05, 4.69) is 62.3 Å². The molecule has 0 atom stereocenters. The molecular weight excluding hydrogens is 388 g/mol. The molecule has 0 aliphatic carbocycles. The standard InChI is InChI=1S/C24H34N6O/c1-3-25-24(27-19-20-9-10-26-23(17-20)29-11-4-5-12-29)30-15-13-28(14-16-30)21-7-6-8-22(18-21)31-2/h6-10,17-18H,3-5,11-16,19H2,1-2H3,(H,25,27). The number of hydrogen-bond donors (Lipinski definition) is 1. The van der Waals surface area contributed by atoms with Crippen LogP contribution >= 0.6 is 0 Å². The average Bonchev–Trinajstić information content (AvgIpc) is 3.37. The minimum absolute atomic E-state index is 0.668. The third-order valence-corrected chi connectivity index (χ3v) is 5.98. The Kier molecular flexibility index (Phi) is 7.12. The number of nitrogens with one attached hydrogen (secondary N) is 1. The molecule has 1 aromatic heterocycles. The molecule has 1 aromatic carbocycles. The summed E-state index contributed by atoms with van der Waals surface area (Å²) in [6, 6.07) is 12.6. The maximum atomic E-state index is 5.38. The van der Waals surface area contributed by atoms with E-state index in [4.69, 9.17) is 9.73 Å². The Morgan fingerprint density at radius 3 is 2.58 bits per heavy atom. The second-order valence-corrected chi connectivity index (χ2v) is 8.06. The van der Waals surface area contributed by atoms with Crippen LogP contribution in [0.3, 0.4) is 0 Å². The number of methoxy groups -OCH3 is 1. The van der Waals surface area contributed by atoms with E-state index in [-0.39, 0.29) is 0 Å². The monoisotopic (exact) mass is 422 g/mol. The first kappa shape index (κ1) is 21.3. The number of rotatable bonds is 6. The number of aromatic nitrogens is 1. The van der Waals surface area contributed by atoms with Gasteiger partial charge in [0.1, 0.15) is 11.6 Å². The van der Waals surface area contributed by atoms with Crippen LogP contribution in [0.25, 0.3) is 0 Å². The van der Waals surface area contributed by atoms with Crippen molar-refractivity contribution in [1.29, 1.82) is 0 Å². The van der Waals surface area contributed by atoms with Crippen molar-refractivity contribution in [3.05, 3.63) is 48.2 Å². The van der Waals surface area contributed by atoms with Gasteiger partial charge in [-0.05, 0) is 49.6 Å². The summed E-state index contributed by atoms with van der Waals surface area (Å²) in [4.78, 5) is 16.7. The molecule has 2 fully saturated rings. The molecule has 0 unspecified atom stereocenters. The van der Waals surface area contributed by atoms with Crippen molar-refractivity contribution in [3.63, 3.8) is 0 Å². The van der Waals surface area contributed by atoms with Gasteiger partial charge in [0.25, 0.3) is 0 Å².